The molecule has 0 radical (unpaired) electrons. The molecule has 0 aliphatic heterocycles. The minimum Gasteiger partial charge on any atom is -0.312 e. The van der Waals surface area contributed by atoms with E-state index in [1.807, 2.05) is 0 Å². The SMILES string of the molecule is CC(C)(C)NCCc1csc(-c2ncn[nH]2)n1. The van der Waals surface area contributed by atoms with Gasteiger partial charge in [0, 0.05) is 23.9 Å². The van der Waals surface area contributed by atoms with Gasteiger partial charge in [-0.2, -0.15) is 5.10 Å². The van der Waals surface area contributed by atoms with Crippen molar-refractivity contribution >= 4 is 11.3 Å². The van der Waals surface area contributed by atoms with Crippen molar-refractivity contribution in [3.05, 3.63) is 17.4 Å². The van der Waals surface area contributed by atoms with E-state index in [1.54, 1.807) is 11.3 Å². The summed E-state index contributed by atoms with van der Waals surface area (Å²) in [6.45, 7) is 7.42. The number of hydrogen-bond donors (Lipinski definition) is 2. The molecule has 0 aliphatic rings. The first-order chi connectivity index (χ1) is 8.04. The molecule has 2 aromatic heterocycles. The maximum atomic E-state index is 4.52. The van der Waals surface area contributed by atoms with E-state index >= 15 is 0 Å². The average molecular weight is 251 g/mol. The van der Waals surface area contributed by atoms with E-state index in [4.69, 9.17) is 0 Å². The Bertz CT molecular complexity index is 454. The summed E-state index contributed by atoms with van der Waals surface area (Å²) in [6, 6.07) is 0. The second-order valence-corrected chi connectivity index (χ2v) is 5.76. The van der Waals surface area contributed by atoms with Gasteiger partial charge in [0.2, 0.25) is 0 Å². The van der Waals surface area contributed by atoms with Gasteiger partial charge in [0.25, 0.3) is 0 Å². The number of thiazole rings is 1. The number of nitrogens with zero attached hydrogens (tertiary/aromatic N) is 3. The predicted molar refractivity (Wildman–Crippen MR) is 69.0 cm³/mol. The fourth-order valence-corrected chi connectivity index (χ4v) is 2.20. The van der Waals surface area contributed by atoms with Crippen LogP contribution in [0.5, 0.6) is 0 Å². The lowest BCUT2D eigenvalue weighted by Crippen LogP contribution is -2.37. The molecule has 0 spiro atoms. The van der Waals surface area contributed by atoms with Crippen molar-refractivity contribution in [2.24, 2.45) is 0 Å². The molecule has 0 saturated heterocycles. The van der Waals surface area contributed by atoms with Crippen molar-refractivity contribution in [2.75, 3.05) is 6.54 Å². The quantitative estimate of drug-likeness (QED) is 0.870. The third-order valence-electron chi connectivity index (χ3n) is 2.21. The molecule has 5 nitrogen and oxygen atoms in total. The third kappa shape index (κ3) is 3.61. The van der Waals surface area contributed by atoms with Crippen LogP contribution in [0.3, 0.4) is 0 Å². The summed E-state index contributed by atoms with van der Waals surface area (Å²) in [4.78, 5) is 8.60. The first-order valence-corrected chi connectivity index (χ1v) is 6.48. The van der Waals surface area contributed by atoms with Gasteiger partial charge >= 0.3 is 0 Å². The topological polar surface area (TPSA) is 66.5 Å². The van der Waals surface area contributed by atoms with E-state index in [1.165, 1.54) is 6.33 Å². The third-order valence-corrected chi connectivity index (χ3v) is 3.10. The van der Waals surface area contributed by atoms with Gasteiger partial charge in [0.05, 0.1) is 5.69 Å². The first-order valence-electron chi connectivity index (χ1n) is 5.60. The van der Waals surface area contributed by atoms with Gasteiger partial charge in [-0.15, -0.1) is 11.3 Å². The Labute approximate surface area is 105 Å². The molecule has 2 rings (SSSR count). The van der Waals surface area contributed by atoms with Crippen molar-refractivity contribution in [3.63, 3.8) is 0 Å². The van der Waals surface area contributed by atoms with Crippen molar-refractivity contribution in [3.8, 4) is 10.8 Å². The molecule has 0 atom stereocenters. The number of rotatable bonds is 4. The number of aromatic nitrogens is 4. The van der Waals surface area contributed by atoms with Gasteiger partial charge in [-0.1, -0.05) is 0 Å². The number of hydrogen-bond acceptors (Lipinski definition) is 5. The molecule has 0 fully saturated rings. The lowest BCUT2D eigenvalue weighted by atomic mass is 10.1. The molecular formula is C11H17N5S. The Hall–Kier alpha value is -1.27. The highest BCUT2D eigenvalue weighted by Gasteiger charge is 2.10. The smallest absolute Gasteiger partial charge is 0.184 e. The van der Waals surface area contributed by atoms with Crippen LogP contribution in [0.2, 0.25) is 0 Å². The van der Waals surface area contributed by atoms with E-state index in [2.05, 4.69) is 51.6 Å². The summed E-state index contributed by atoms with van der Waals surface area (Å²) in [7, 11) is 0. The average Bonchev–Trinajstić information content (AvgIpc) is 2.83. The Kier molecular flexibility index (Phi) is 3.54. The summed E-state index contributed by atoms with van der Waals surface area (Å²) in [6.07, 6.45) is 2.43. The molecule has 0 aromatic carbocycles. The lowest BCUT2D eigenvalue weighted by molar-refractivity contribution is 0.429. The fraction of sp³-hybridized carbons (Fsp3) is 0.545. The molecule has 92 valence electrons. The zero-order chi connectivity index (χ0) is 12.3. The zero-order valence-corrected chi connectivity index (χ0v) is 11.1. The minimum absolute atomic E-state index is 0.157. The van der Waals surface area contributed by atoms with Gasteiger partial charge in [0.1, 0.15) is 6.33 Å². The van der Waals surface area contributed by atoms with Crippen LogP contribution in [0.15, 0.2) is 11.7 Å². The van der Waals surface area contributed by atoms with E-state index in [-0.39, 0.29) is 5.54 Å². The van der Waals surface area contributed by atoms with Crippen LogP contribution in [0.4, 0.5) is 0 Å². The predicted octanol–water partition coefficient (Wildman–Crippen LogP) is 1.86. The van der Waals surface area contributed by atoms with Crippen molar-refractivity contribution in [1.82, 2.24) is 25.5 Å². The van der Waals surface area contributed by atoms with E-state index < -0.39 is 0 Å². The van der Waals surface area contributed by atoms with Gasteiger partial charge in [-0.05, 0) is 20.8 Å². The molecular weight excluding hydrogens is 234 g/mol. The van der Waals surface area contributed by atoms with Gasteiger partial charge < -0.3 is 5.32 Å². The van der Waals surface area contributed by atoms with Crippen LogP contribution in [-0.2, 0) is 6.42 Å². The van der Waals surface area contributed by atoms with Crippen LogP contribution in [0.1, 0.15) is 26.5 Å². The monoisotopic (exact) mass is 251 g/mol. The molecule has 0 saturated carbocycles. The van der Waals surface area contributed by atoms with E-state index in [0.717, 1.165) is 29.5 Å². The maximum absolute atomic E-state index is 4.52. The highest BCUT2D eigenvalue weighted by atomic mass is 32.1. The maximum Gasteiger partial charge on any atom is 0.184 e. The number of H-pyrrole nitrogens is 1. The van der Waals surface area contributed by atoms with Crippen LogP contribution in [0.25, 0.3) is 10.8 Å². The van der Waals surface area contributed by atoms with Crippen LogP contribution >= 0.6 is 11.3 Å². The molecule has 6 heteroatoms. The Morgan fingerprint density at radius 3 is 2.88 bits per heavy atom. The standard InChI is InChI=1S/C11H17N5S/c1-11(2,3)13-5-4-8-6-17-10(15-8)9-12-7-14-16-9/h6-7,13H,4-5H2,1-3H3,(H,12,14,16). The zero-order valence-electron chi connectivity index (χ0n) is 10.3. The van der Waals surface area contributed by atoms with Crippen molar-refractivity contribution in [2.45, 2.75) is 32.7 Å². The van der Waals surface area contributed by atoms with E-state index in [9.17, 15) is 0 Å². The second-order valence-electron chi connectivity index (χ2n) is 4.90. The molecule has 0 unspecified atom stereocenters. The summed E-state index contributed by atoms with van der Waals surface area (Å²) < 4.78 is 0. The molecule has 17 heavy (non-hydrogen) atoms. The summed E-state index contributed by atoms with van der Waals surface area (Å²) in [5, 5.41) is 13.1. The lowest BCUT2D eigenvalue weighted by Gasteiger charge is -2.19. The Balaban J connectivity index is 1.91. The van der Waals surface area contributed by atoms with Gasteiger partial charge in [-0.25, -0.2) is 9.97 Å². The largest absolute Gasteiger partial charge is 0.312 e. The highest BCUT2D eigenvalue weighted by molar-refractivity contribution is 7.13. The molecule has 2 heterocycles. The van der Waals surface area contributed by atoms with Gasteiger partial charge in [-0.3, -0.25) is 5.10 Å². The van der Waals surface area contributed by atoms with Crippen LogP contribution in [-0.4, -0.2) is 32.2 Å². The second kappa shape index (κ2) is 4.93. The summed E-state index contributed by atoms with van der Waals surface area (Å²) in [5.41, 5.74) is 1.25. The molecule has 0 aliphatic carbocycles. The van der Waals surface area contributed by atoms with Crippen molar-refractivity contribution < 1.29 is 0 Å². The van der Waals surface area contributed by atoms with E-state index in [0.29, 0.717) is 0 Å². The molecule has 2 N–H and O–H groups in total. The molecule has 0 bridgehead atoms. The highest BCUT2D eigenvalue weighted by Crippen LogP contribution is 2.19. The number of aromatic amines is 1. The molecule has 0 amide bonds. The minimum atomic E-state index is 0.157. The Morgan fingerprint density at radius 1 is 1.41 bits per heavy atom. The van der Waals surface area contributed by atoms with Crippen molar-refractivity contribution in [1.29, 1.82) is 0 Å². The first kappa shape index (κ1) is 12.2. The summed E-state index contributed by atoms with van der Waals surface area (Å²) in [5.74, 6) is 0.741. The van der Waals surface area contributed by atoms with Gasteiger partial charge in [0.15, 0.2) is 10.8 Å². The fourth-order valence-electron chi connectivity index (χ4n) is 1.40. The number of nitrogens with one attached hydrogen (secondary N) is 2. The van der Waals surface area contributed by atoms with Crippen LogP contribution < -0.4 is 5.32 Å². The summed E-state index contributed by atoms with van der Waals surface area (Å²) >= 11 is 1.59. The molecule has 2 aromatic rings. The van der Waals surface area contributed by atoms with Crippen LogP contribution in [0, 0.1) is 0 Å². The Morgan fingerprint density at radius 2 is 2.24 bits per heavy atom. The normalized spacial score (nSPS) is 11.9.